The van der Waals surface area contributed by atoms with Crippen LogP contribution in [0.15, 0.2) is 10.5 Å². The number of carbonyl (C=O) groups excluding carboxylic acids is 1. The van der Waals surface area contributed by atoms with E-state index in [1.54, 1.807) is 6.07 Å². The van der Waals surface area contributed by atoms with E-state index in [-0.39, 0.29) is 18.0 Å². The molecule has 0 N–H and O–H groups in total. The SMILES string of the molecule is CC(=O)Cc1c(Br)cc2c(c1F)OCCO2. The smallest absolute Gasteiger partial charge is 0.197 e. The monoisotopic (exact) mass is 288 g/mol. The highest BCUT2D eigenvalue weighted by Crippen LogP contribution is 2.39. The number of hydrogen-bond donors (Lipinski definition) is 0. The van der Waals surface area contributed by atoms with Gasteiger partial charge in [-0.25, -0.2) is 4.39 Å². The van der Waals surface area contributed by atoms with E-state index in [9.17, 15) is 9.18 Å². The zero-order valence-corrected chi connectivity index (χ0v) is 10.3. The van der Waals surface area contributed by atoms with E-state index in [0.717, 1.165) is 0 Å². The molecule has 86 valence electrons. The molecule has 0 aliphatic carbocycles. The molecule has 1 aromatic rings. The maximum Gasteiger partial charge on any atom is 0.197 e. The maximum atomic E-state index is 14.0. The number of carbonyl (C=O) groups is 1. The van der Waals surface area contributed by atoms with E-state index >= 15 is 0 Å². The van der Waals surface area contributed by atoms with Gasteiger partial charge >= 0.3 is 0 Å². The standard InChI is InChI=1S/C11H10BrFO3/c1-6(14)4-7-8(12)5-9-11(10(7)13)16-3-2-15-9/h5H,2-4H2,1H3. The molecule has 0 aromatic heterocycles. The Hall–Kier alpha value is -1.10. The third kappa shape index (κ3) is 2.04. The molecule has 0 fully saturated rings. The van der Waals surface area contributed by atoms with E-state index in [1.807, 2.05) is 0 Å². The molecule has 2 rings (SSSR count). The number of fused-ring (bicyclic) bond motifs is 1. The van der Waals surface area contributed by atoms with Crippen molar-refractivity contribution in [1.29, 1.82) is 0 Å². The fourth-order valence-electron chi connectivity index (χ4n) is 1.57. The normalized spacial score (nSPS) is 13.7. The summed E-state index contributed by atoms with van der Waals surface area (Å²) in [7, 11) is 0. The maximum absolute atomic E-state index is 14.0. The summed E-state index contributed by atoms with van der Waals surface area (Å²) in [6.07, 6.45) is 0.0447. The van der Waals surface area contributed by atoms with Crippen LogP contribution in [-0.4, -0.2) is 19.0 Å². The van der Waals surface area contributed by atoms with Crippen molar-refractivity contribution in [2.45, 2.75) is 13.3 Å². The van der Waals surface area contributed by atoms with E-state index in [2.05, 4.69) is 15.9 Å². The first kappa shape index (κ1) is 11.4. The van der Waals surface area contributed by atoms with E-state index in [1.165, 1.54) is 6.92 Å². The Balaban J connectivity index is 2.49. The van der Waals surface area contributed by atoms with Gasteiger partial charge in [0, 0.05) is 16.5 Å². The molecule has 0 unspecified atom stereocenters. The molecule has 5 heteroatoms. The highest BCUT2D eigenvalue weighted by molar-refractivity contribution is 9.10. The average molecular weight is 289 g/mol. The van der Waals surface area contributed by atoms with Crippen molar-refractivity contribution in [3.8, 4) is 11.5 Å². The minimum atomic E-state index is -0.515. The van der Waals surface area contributed by atoms with Crippen molar-refractivity contribution < 1.29 is 18.7 Å². The second-order valence-electron chi connectivity index (χ2n) is 3.55. The zero-order chi connectivity index (χ0) is 11.7. The number of hydrogen-bond acceptors (Lipinski definition) is 3. The summed E-state index contributed by atoms with van der Waals surface area (Å²) in [4.78, 5) is 11.0. The average Bonchev–Trinajstić information content (AvgIpc) is 2.24. The molecule has 16 heavy (non-hydrogen) atoms. The Morgan fingerprint density at radius 1 is 1.50 bits per heavy atom. The van der Waals surface area contributed by atoms with Crippen LogP contribution in [0.4, 0.5) is 4.39 Å². The first-order chi connectivity index (χ1) is 7.59. The van der Waals surface area contributed by atoms with Crippen molar-refractivity contribution in [2.75, 3.05) is 13.2 Å². The van der Waals surface area contributed by atoms with Crippen molar-refractivity contribution in [2.24, 2.45) is 0 Å². The van der Waals surface area contributed by atoms with Crippen molar-refractivity contribution in [3.05, 3.63) is 21.9 Å². The molecular formula is C11H10BrFO3. The number of Topliss-reactive ketones (excluding diaryl/α,β-unsaturated/α-hetero) is 1. The van der Waals surface area contributed by atoms with Crippen LogP contribution in [0.5, 0.6) is 11.5 Å². The van der Waals surface area contributed by atoms with E-state index < -0.39 is 5.82 Å². The van der Waals surface area contributed by atoms with Gasteiger partial charge in [0.05, 0.1) is 0 Å². The topological polar surface area (TPSA) is 35.5 Å². The second-order valence-corrected chi connectivity index (χ2v) is 4.41. The summed E-state index contributed by atoms with van der Waals surface area (Å²) >= 11 is 3.23. The lowest BCUT2D eigenvalue weighted by Gasteiger charge is -2.20. The molecule has 3 nitrogen and oxygen atoms in total. The molecule has 0 radical (unpaired) electrons. The predicted molar refractivity (Wildman–Crippen MR) is 59.5 cm³/mol. The quantitative estimate of drug-likeness (QED) is 0.839. The van der Waals surface area contributed by atoms with Crippen LogP contribution in [-0.2, 0) is 11.2 Å². The second kappa shape index (κ2) is 4.41. The highest BCUT2D eigenvalue weighted by atomic mass is 79.9. The van der Waals surface area contributed by atoms with Crippen LogP contribution in [0.25, 0.3) is 0 Å². The van der Waals surface area contributed by atoms with Crippen LogP contribution in [0.3, 0.4) is 0 Å². The van der Waals surface area contributed by atoms with Gasteiger partial charge in [0.1, 0.15) is 19.0 Å². The van der Waals surface area contributed by atoms with Crippen molar-refractivity contribution >= 4 is 21.7 Å². The summed E-state index contributed by atoms with van der Waals surface area (Å²) in [5.41, 5.74) is 0.316. The van der Waals surface area contributed by atoms with E-state index in [4.69, 9.17) is 9.47 Å². The lowest BCUT2D eigenvalue weighted by atomic mass is 10.1. The lowest BCUT2D eigenvalue weighted by Crippen LogP contribution is -2.17. The van der Waals surface area contributed by atoms with Gasteiger partial charge in [0.2, 0.25) is 0 Å². The molecule has 0 saturated carbocycles. The van der Waals surface area contributed by atoms with Gasteiger partial charge in [0.15, 0.2) is 17.3 Å². The molecule has 0 saturated heterocycles. The lowest BCUT2D eigenvalue weighted by molar-refractivity contribution is -0.116. The third-order valence-corrected chi connectivity index (χ3v) is 2.95. The summed E-state index contributed by atoms with van der Waals surface area (Å²) in [6, 6.07) is 1.63. The molecule has 0 amide bonds. The predicted octanol–water partition coefficient (Wildman–Crippen LogP) is 2.49. The molecule has 1 aliphatic heterocycles. The minimum absolute atomic E-state index is 0.0447. The summed E-state index contributed by atoms with van der Waals surface area (Å²) in [6.45, 7) is 2.15. The van der Waals surface area contributed by atoms with Gasteiger partial charge in [-0.05, 0) is 13.0 Å². The van der Waals surface area contributed by atoms with Crippen LogP contribution in [0, 0.1) is 5.82 Å². The molecule has 0 bridgehead atoms. The third-order valence-electron chi connectivity index (χ3n) is 2.25. The number of rotatable bonds is 2. The summed E-state index contributed by atoms with van der Waals surface area (Å²) in [5.74, 6) is -0.135. The van der Waals surface area contributed by atoms with E-state index in [0.29, 0.717) is 29.0 Å². The molecule has 0 atom stereocenters. The van der Waals surface area contributed by atoms with Crippen molar-refractivity contribution in [3.63, 3.8) is 0 Å². The van der Waals surface area contributed by atoms with Crippen molar-refractivity contribution in [1.82, 2.24) is 0 Å². The first-order valence-corrected chi connectivity index (χ1v) is 5.65. The van der Waals surface area contributed by atoms with Crippen LogP contribution in [0.1, 0.15) is 12.5 Å². The number of halogens is 2. The van der Waals surface area contributed by atoms with Crippen LogP contribution < -0.4 is 9.47 Å². The van der Waals surface area contributed by atoms with Gasteiger partial charge in [0.25, 0.3) is 0 Å². The number of ketones is 1. The molecule has 1 aliphatic rings. The highest BCUT2D eigenvalue weighted by Gasteiger charge is 2.22. The fraction of sp³-hybridized carbons (Fsp3) is 0.364. The molecule has 1 heterocycles. The first-order valence-electron chi connectivity index (χ1n) is 4.85. The van der Waals surface area contributed by atoms with Crippen LogP contribution >= 0.6 is 15.9 Å². The summed E-state index contributed by atoms with van der Waals surface area (Å²) < 4.78 is 25.0. The Morgan fingerprint density at radius 2 is 2.19 bits per heavy atom. The largest absolute Gasteiger partial charge is 0.486 e. The van der Waals surface area contributed by atoms with Gasteiger partial charge in [-0.15, -0.1) is 0 Å². The number of ether oxygens (including phenoxy) is 2. The summed E-state index contributed by atoms with van der Waals surface area (Å²) in [5, 5.41) is 0. The number of benzene rings is 1. The molecular weight excluding hydrogens is 279 g/mol. The van der Waals surface area contributed by atoms with Gasteiger partial charge in [-0.2, -0.15) is 0 Å². The van der Waals surface area contributed by atoms with Gasteiger partial charge in [-0.3, -0.25) is 4.79 Å². The van der Waals surface area contributed by atoms with Crippen LogP contribution in [0.2, 0.25) is 0 Å². The Morgan fingerprint density at radius 3 is 2.88 bits per heavy atom. The zero-order valence-electron chi connectivity index (χ0n) is 8.68. The Kier molecular flexibility index (Phi) is 3.14. The minimum Gasteiger partial charge on any atom is -0.486 e. The molecule has 0 spiro atoms. The molecule has 1 aromatic carbocycles. The Bertz CT molecular complexity index is 445. The fourth-order valence-corrected chi connectivity index (χ4v) is 2.09. The van der Waals surface area contributed by atoms with Gasteiger partial charge in [-0.1, -0.05) is 15.9 Å². The Labute approximate surface area is 101 Å². The van der Waals surface area contributed by atoms with Gasteiger partial charge < -0.3 is 9.47 Å².